The first kappa shape index (κ1) is 20.8. The van der Waals surface area contributed by atoms with Crippen LogP contribution in [0.15, 0.2) is 0 Å². The molecule has 8 atom stereocenters. The van der Waals surface area contributed by atoms with Gasteiger partial charge in [0.2, 0.25) is 0 Å². The molecule has 0 aromatic heterocycles. The first-order valence-electron chi connectivity index (χ1n) is 10.6. The molecule has 0 aromatic rings. The Morgan fingerprint density at radius 3 is 2.33 bits per heavy atom. The summed E-state index contributed by atoms with van der Waals surface area (Å²) in [6, 6.07) is 0. The Kier molecular flexibility index (Phi) is 5.75. The monoisotopic (exact) mass is 380 g/mol. The van der Waals surface area contributed by atoms with Gasteiger partial charge in [-0.1, -0.05) is 13.8 Å². The quantitative estimate of drug-likeness (QED) is 0.683. The lowest BCUT2D eigenvalue weighted by Gasteiger charge is -2.59. The third kappa shape index (κ3) is 3.25. The maximum Gasteiger partial charge on any atom is 0.302 e. The molecule has 4 aliphatic rings. The molecule has 4 rings (SSSR count). The zero-order chi connectivity index (χ0) is 20.0. The van der Waals surface area contributed by atoms with E-state index < -0.39 is 0 Å². The van der Waals surface area contributed by atoms with Crippen molar-refractivity contribution in [1.82, 2.24) is 0 Å². The van der Waals surface area contributed by atoms with Crippen LogP contribution in [0, 0.1) is 34.5 Å². The van der Waals surface area contributed by atoms with Crippen molar-refractivity contribution in [1.29, 1.82) is 0 Å². The Bertz CT molecular complexity index is 589. The molecular weight excluding hydrogens is 344 g/mol. The fraction of sp³-hybridized carbons (Fsp3) is 0.909. The topological polar surface area (TPSA) is 83.8 Å². The minimum absolute atomic E-state index is 0.0183. The number of ketones is 1. The lowest BCUT2D eigenvalue weighted by molar-refractivity contribution is -0.169. The van der Waals surface area contributed by atoms with Crippen molar-refractivity contribution in [3.05, 3.63) is 0 Å². The summed E-state index contributed by atoms with van der Waals surface area (Å²) in [5.41, 5.74) is 0.0879. The normalized spacial score (nSPS) is 48.4. The fourth-order valence-electron chi connectivity index (χ4n) is 7.37. The van der Waals surface area contributed by atoms with E-state index in [9.17, 15) is 14.7 Å². The van der Waals surface area contributed by atoms with Crippen LogP contribution in [0.25, 0.3) is 0 Å². The zero-order valence-corrected chi connectivity index (χ0v) is 17.2. The molecule has 154 valence electrons. The lowest BCUT2D eigenvalue weighted by Crippen LogP contribution is -2.57. The van der Waals surface area contributed by atoms with Gasteiger partial charge in [0.15, 0.2) is 0 Å². The lowest BCUT2D eigenvalue weighted by atomic mass is 9.45. The van der Waals surface area contributed by atoms with Crippen molar-refractivity contribution in [2.45, 2.75) is 84.3 Å². The van der Waals surface area contributed by atoms with Crippen molar-refractivity contribution in [3.8, 4) is 0 Å². The van der Waals surface area contributed by atoms with Gasteiger partial charge in [0, 0.05) is 31.8 Å². The molecule has 0 spiro atoms. The zero-order valence-electron chi connectivity index (χ0n) is 17.2. The van der Waals surface area contributed by atoms with Crippen molar-refractivity contribution < 1.29 is 24.5 Å². The van der Waals surface area contributed by atoms with E-state index in [1.165, 1.54) is 6.92 Å². The van der Waals surface area contributed by atoms with E-state index in [2.05, 4.69) is 13.8 Å². The fourth-order valence-corrected chi connectivity index (χ4v) is 7.37. The molecule has 4 fully saturated rings. The summed E-state index contributed by atoms with van der Waals surface area (Å²) >= 11 is 0. The van der Waals surface area contributed by atoms with Crippen molar-refractivity contribution in [3.63, 3.8) is 0 Å². The molecule has 5 heteroatoms. The molecule has 2 N–H and O–H groups in total. The number of hydrogen-bond acceptors (Lipinski definition) is 5. The first-order valence-corrected chi connectivity index (χ1v) is 10.6. The number of rotatable bonds is 1. The highest BCUT2D eigenvalue weighted by molar-refractivity contribution is 5.83. The molecule has 4 saturated carbocycles. The van der Waals surface area contributed by atoms with Gasteiger partial charge in [-0.2, -0.15) is 0 Å². The van der Waals surface area contributed by atoms with Crippen LogP contribution in [0.1, 0.15) is 72.1 Å². The number of Topliss-reactive ketones (excluding diaryl/α,β-unsaturated/α-hetero) is 1. The van der Waals surface area contributed by atoms with E-state index in [0.29, 0.717) is 36.4 Å². The Hall–Kier alpha value is -0.940. The van der Waals surface area contributed by atoms with Crippen molar-refractivity contribution in [2.75, 3.05) is 7.11 Å². The SMILES string of the molecule is CC(=O)OC1CCC2C3CC(=O)C4CC(O)CCC4(C)C3CCC12C.CO. The van der Waals surface area contributed by atoms with E-state index in [4.69, 9.17) is 9.84 Å². The van der Waals surface area contributed by atoms with Crippen LogP contribution < -0.4 is 0 Å². The van der Waals surface area contributed by atoms with Crippen LogP contribution in [-0.2, 0) is 14.3 Å². The van der Waals surface area contributed by atoms with E-state index in [0.717, 1.165) is 45.6 Å². The Morgan fingerprint density at radius 2 is 1.67 bits per heavy atom. The molecule has 0 aliphatic heterocycles. The van der Waals surface area contributed by atoms with Crippen LogP contribution in [-0.4, -0.2) is 41.3 Å². The molecule has 0 radical (unpaired) electrons. The number of fused-ring (bicyclic) bond motifs is 5. The van der Waals surface area contributed by atoms with Crippen molar-refractivity contribution in [2.24, 2.45) is 34.5 Å². The van der Waals surface area contributed by atoms with E-state index >= 15 is 0 Å². The minimum Gasteiger partial charge on any atom is -0.462 e. The number of ether oxygens (including phenoxy) is 1. The predicted molar refractivity (Wildman–Crippen MR) is 102 cm³/mol. The summed E-state index contributed by atoms with van der Waals surface area (Å²) in [6.07, 6.45) is 7.10. The number of carbonyl (C=O) groups is 2. The highest BCUT2D eigenvalue weighted by Gasteiger charge is 2.62. The van der Waals surface area contributed by atoms with Crippen LogP contribution in [0.5, 0.6) is 0 Å². The maximum absolute atomic E-state index is 13.0. The van der Waals surface area contributed by atoms with Gasteiger partial charge in [-0.25, -0.2) is 0 Å². The molecular formula is C22H36O5. The van der Waals surface area contributed by atoms with Gasteiger partial charge in [0.05, 0.1) is 6.10 Å². The summed E-state index contributed by atoms with van der Waals surface area (Å²) in [4.78, 5) is 24.5. The third-order valence-electron chi connectivity index (χ3n) is 8.65. The highest BCUT2D eigenvalue weighted by atomic mass is 16.5. The van der Waals surface area contributed by atoms with Gasteiger partial charge < -0.3 is 14.9 Å². The van der Waals surface area contributed by atoms with E-state index in [-0.39, 0.29) is 34.9 Å². The third-order valence-corrected chi connectivity index (χ3v) is 8.65. The number of esters is 1. The Labute approximate surface area is 162 Å². The molecule has 0 bridgehead atoms. The standard InChI is InChI=1S/C21H32O4.CH4O/c1-12(22)25-19-5-4-15-14-11-18(24)17-10-13(23)6-8-20(17,2)16(14)7-9-21(15,19)3;1-2/h13-17,19,23H,4-11H2,1-3H3;2H,1H3. The molecule has 8 unspecified atom stereocenters. The molecule has 0 amide bonds. The summed E-state index contributed by atoms with van der Waals surface area (Å²) in [6.45, 7) is 6.11. The second kappa shape index (κ2) is 7.47. The smallest absolute Gasteiger partial charge is 0.302 e. The number of hydrogen-bond donors (Lipinski definition) is 2. The molecule has 0 saturated heterocycles. The van der Waals surface area contributed by atoms with E-state index in [1.54, 1.807) is 0 Å². The first-order chi connectivity index (χ1) is 12.8. The Morgan fingerprint density at radius 1 is 1.04 bits per heavy atom. The van der Waals surface area contributed by atoms with Crippen molar-refractivity contribution >= 4 is 11.8 Å². The van der Waals surface area contributed by atoms with Gasteiger partial charge >= 0.3 is 5.97 Å². The molecule has 0 aromatic carbocycles. The molecule has 4 aliphatic carbocycles. The van der Waals surface area contributed by atoms with Gasteiger partial charge in [0.25, 0.3) is 0 Å². The van der Waals surface area contributed by atoms with Crippen LogP contribution in [0.2, 0.25) is 0 Å². The average Bonchev–Trinajstić information content (AvgIpc) is 2.95. The highest BCUT2D eigenvalue weighted by Crippen LogP contribution is 2.65. The molecule has 27 heavy (non-hydrogen) atoms. The molecule has 5 nitrogen and oxygen atoms in total. The van der Waals surface area contributed by atoms with Gasteiger partial charge in [-0.15, -0.1) is 0 Å². The van der Waals surface area contributed by atoms with Gasteiger partial charge in [-0.3, -0.25) is 9.59 Å². The maximum atomic E-state index is 13.0. The average molecular weight is 381 g/mol. The summed E-state index contributed by atoms with van der Waals surface area (Å²) < 4.78 is 5.68. The molecule has 0 heterocycles. The second-order valence-electron chi connectivity index (χ2n) is 9.75. The van der Waals surface area contributed by atoms with E-state index in [1.807, 2.05) is 0 Å². The summed E-state index contributed by atoms with van der Waals surface area (Å²) in [5.74, 6) is 1.75. The van der Waals surface area contributed by atoms with Crippen LogP contribution in [0.3, 0.4) is 0 Å². The Balaban J connectivity index is 0.00000102. The largest absolute Gasteiger partial charge is 0.462 e. The van der Waals surface area contributed by atoms with Crippen LogP contribution >= 0.6 is 0 Å². The van der Waals surface area contributed by atoms with Crippen LogP contribution in [0.4, 0.5) is 0 Å². The number of aliphatic hydroxyl groups is 2. The van der Waals surface area contributed by atoms with Gasteiger partial charge in [-0.05, 0) is 68.1 Å². The number of carbonyl (C=O) groups excluding carboxylic acids is 2. The minimum atomic E-state index is -0.299. The predicted octanol–water partition coefficient (Wildman–Crippen LogP) is 3.11. The second-order valence-corrected chi connectivity index (χ2v) is 9.75. The van der Waals surface area contributed by atoms with Gasteiger partial charge in [0.1, 0.15) is 11.9 Å². The summed E-state index contributed by atoms with van der Waals surface area (Å²) in [7, 11) is 1.00. The summed E-state index contributed by atoms with van der Waals surface area (Å²) in [5, 5.41) is 17.1. The number of aliphatic hydroxyl groups excluding tert-OH is 2.